The summed E-state index contributed by atoms with van der Waals surface area (Å²) in [7, 11) is 0. The molecular formula is C16H21NO4. The van der Waals surface area contributed by atoms with E-state index in [0.717, 1.165) is 12.8 Å². The highest BCUT2D eigenvalue weighted by molar-refractivity contribution is 5.82. The summed E-state index contributed by atoms with van der Waals surface area (Å²) in [6.45, 7) is 5.32. The van der Waals surface area contributed by atoms with Gasteiger partial charge < -0.3 is 9.84 Å². The van der Waals surface area contributed by atoms with Crippen molar-refractivity contribution < 1.29 is 19.4 Å². The van der Waals surface area contributed by atoms with Crippen molar-refractivity contribution in [2.75, 3.05) is 0 Å². The molecule has 0 bridgehead atoms. The lowest BCUT2D eigenvalue weighted by Crippen LogP contribution is -2.43. The summed E-state index contributed by atoms with van der Waals surface area (Å²) < 4.78 is 5.38. The average Bonchev–Trinajstić information content (AvgIpc) is 3.18. The van der Waals surface area contributed by atoms with Gasteiger partial charge in [0.2, 0.25) is 0 Å². The summed E-state index contributed by atoms with van der Waals surface area (Å²) in [5.41, 5.74) is -0.0630. The van der Waals surface area contributed by atoms with Crippen LogP contribution in [0.4, 0.5) is 4.79 Å². The van der Waals surface area contributed by atoms with Gasteiger partial charge in [-0.2, -0.15) is 0 Å². The zero-order valence-electron chi connectivity index (χ0n) is 12.6. The van der Waals surface area contributed by atoms with Gasteiger partial charge in [-0.15, -0.1) is 0 Å². The number of nitrogens with zero attached hydrogens (tertiary/aromatic N) is 1. The van der Waals surface area contributed by atoms with Crippen molar-refractivity contribution in [1.29, 1.82) is 0 Å². The lowest BCUT2D eigenvalue weighted by atomic mass is 10.1. The molecule has 1 aliphatic carbocycles. The highest BCUT2D eigenvalue weighted by Crippen LogP contribution is 2.36. The van der Waals surface area contributed by atoms with Crippen molar-refractivity contribution in [3.05, 3.63) is 35.9 Å². The van der Waals surface area contributed by atoms with Crippen LogP contribution in [0.25, 0.3) is 0 Å². The van der Waals surface area contributed by atoms with Crippen molar-refractivity contribution in [2.45, 2.75) is 51.3 Å². The number of carbonyl (C=O) groups excluding carboxylic acids is 1. The second kappa shape index (κ2) is 5.76. The molecule has 1 aromatic rings. The van der Waals surface area contributed by atoms with Gasteiger partial charge in [0, 0.05) is 6.04 Å². The van der Waals surface area contributed by atoms with Crippen LogP contribution in [-0.2, 0) is 9.53 Å². The molecule has 1 aliphatic rings. The molecule has 5 heteroatoms. The Morgan fingerprint density at radius 2 is 1.81 bits per heavy atom. The summed E-state index contributed by atoms with van der Waals surface area (Å²) in [6, 6.07) is 7.74. The summed E-state index contributed by atoms with van der Waals surface area (Å²) in [5, 5.41) is 9.57. The maximum atomic E-state index is 12.4. The minimum absolute atomic E-state index is 0.0545. The summed E-state index contributed by atoms with van der Waals surface area (Å²) in [6.07, 6.45) is 1.06. The number of aliphatic carboxylic acids is 1. The fraction of sp³-hybridized carbons (Fsp3) is 0.500. The van der Waals surface area contributed by atoms with Crippen molar-refractivity contribution in [2.24, 2.45) is 0 Å². The Kier molecular flexibility index (Phi) is 4.21. The molecule has 0 aromatic heterocycles. The number of carboxylic acids is 1. The highest BCUT2D eigenvalue weighted by atomic mass is 16.6. The number of hydrogen-bond acceptors (Lipinski definition) is 3. The first-order valence-electron chi connectivity index (χ1n) is 7.08. The normalized spacial score (nSPS) is 16.1. The molecule has 1 N–H and O–H groups in total. The lowest BCUT2D eigenvalue weighted by Gasteiger charge is -2.31. The Labute approximate surface area is 124 Å². The molecular weight excluding hydrogens is 270 g/mol. The fourth-order valence-electron chi connectivity index (χ4n) is 2.19. The number of rotatable bonds is 4. The third kappa shape index (κ3) is 3.97. The molecule has 1 amide bonds. The van der Waals surface area contributed by atoms with Crippen LogP contribution in [0.5, 0.6) is 0 Å². The first-order chi connectivity index (χ1) is 9.79. The van der Waals surface area contributed by atoms with Gasteiger partial charge in [0.05, 0.1) is 0 Å². The highest BCUT2D eigenvalue weighted by Gasteiger charge is 2.43. The topological polar surface area (TPSA) is 66.8 Å². The first-order valence-corrected chi connectivity index (χ1v) is 7.08. The quantitative estimate of drug-likeness (QED) is 0.925. The van der Waals surface area contributed by atoms with E-state index in [1.54, 1.807) is 45.0 Å². The zero-order valence-corrected chi connectivity index (χ0v) is 12.6. The van der Waals surface area contributed by atoms with E-state index in [2.05, 4.69) is 0 Å². The number of amides is 1. The maximum Gasteiger partial charge on any atom is 0.411 e. The standard InChI is InChI=1S/C16H21NO4/c1-16(2,3)21-15(20)17(12-9-10-12)13(14(18)19)11-7-5-4-6-8-11/h4-8,12-13H,9-10H2,1-3H3,(H,18,19). The molecule has 0 saturated heterocycles. The zero-order chi connectivity index (χ0) is 15.6. The molecule has 1 atom stereocenters. The molecule has 0 spiro atoms. The Hall–Kier alpha value is -2.04. The van der Waals surface area contributed by atoms with Crippen LogP contribution in [0.1, 0.15) is 45.2 Å². The molecule has 1 aromatic carbocycles. The Morgan fingerprint density at radius 3 is 2.24 bits per heavy atom. The van der Waals surface area contributed by atoms with Gasteiger partial charge in [0.1, 0.15) is 5.60 Å². The number of carbonyl (C=O) groups is 2. The third-order valence-corrected chi connectivity index (χ3v) is 3.17. The maximum absolute atomic E-state index is 12.4. The van der Waals surface area contributed by atoms with E-state index in [1.807, 2.05) is 6.07 Å². The van der Waals surface area contributed by atoms with Crippen LogP contribution in [-0.4, -0.2) is 33.7 Å². The SMILES string of the molecule is CC(C)(C)OC(=O)N(C1CC1)C(C(=O)O)c1ccccc1. The predicted octanol–water partition coefficient (Wildman–Crippen LogP) is 3.21. The second-order valence-electron chi connectivity index (χ2n) is 6.27. The Balaban J connectivity index is 2.30. The lowest BCUT2D eigenvalue weighted by molar-refractivity contribution is -0.143. The number of ether oxygens (including phenoxy) is 1. The van der Waals surface area contributed by atoms with Gasteiger partial charge >= 0.3 is 12.1 Å². The monoisotopic (exact) mass is 291 g/mol. The van der Waals surface area contributed by atoms with Crippen LogP contribution >= 0.6 is 0 Å². The van der Waals surface area contributed by atoms with Gasteiger partial charge in [-0.3, -0.25) is 4.90 Å². The van der Waals surface area contributed by atoms with Gasteiger partial charge in [-0.1, -0.05) is 30.3 Å². The van der Waals surface area contributed by atoms with Crippen LogP contribution in [0, 0.1) is 0 Å². The van der Waals surface area contributed by atoms with Crippen molar-refractivity contribution in [3.63, 3.8) is 0 Å². The first kappa shape index (κ1) is 15.4. The van der Waals surface area contributed by atoms with E-state index in [9.17, 15) is 14.7 Å². The summed E-state index contributed by atoms with van der Waals surface area (Å²) in [5.74, 6) is -1.04. The summed E-state index contributed by atoms with van der Waals surface area (Å²) in [4.78, 5) is 25.5. The fourth-order valence-corrected chi connectivity index (χ4v) is 2.19. The van der Waals surface area contributed by atoms with E-state index >= 15 is 0 Å². The van der Waals surface area contributed by atoms with Gasteiger partial charge in [0.15, 0.2) is 6.04 Å². The number of carboxylic acid groups (broad SMARTS) is 1. The number of benzene rings is 1. The van der Waals surface area contributed by atoms with E-state index in [1.165, 1.54) is 4.90 Å². The van der Waals surface area contributed by atoms with Crippen LogP contribution in [0.15, 0.2) is 30.3 Å². The smallest absolute Gasteiger partial charge is 0.411 e. The third-order valence-electron chi connectivity index (χ3n) is 3.17. The molecule has 1 saturated carbocycles. The molecule has 5 nitrogen and oxygen atoms in total. The Bertz CT molecular complexity index is 517. The molecule has 1 fully saturated rings. The minimum atomic E-state index is -1.04. The predicted molar refractivity (Wildman–Crippen MR) is 77.9 cm³/mol. The summed E-state index contributed by atoms with van der Waals surface area (Å²) >= 11 is 0. The van der Waals surface area contributed by atoms with Crippen LogP contribution < -0.4 is 0 Å². The second-order valence-corrected chi connectivity index (χ2v) is 6.27. The van der Waals surface area contributed by atoms with Crippen molar-refractivity contribution >= 4 is 12.1 Å². The van der Waals surface area contributed by atoms with E-state index in [0.29, 0.717) is 5.56 Å². The van der Waals surface area contributed by atoms with Gasteiger partial charge in [-0.25, -0.2) is 9.59 Å². The van der Waals surface area contributed by atoms with E-state index in [-0.39, 0.29) is 6.04 Å². The average molecular weight is 291 g/mol. The van der Waals surface area contributed by atoms with Crippen molar-refractivity contribution in [1.82, 2.24) is 4.90 Å². The molecule has 1 unspecified atom stereocenters. The van der Waals surface area contributed by atoms with E-state index < -0.39 is 23.7 Å². The largest absolute Gasteiger partial charge is 0.479 e. The molecule has 21 heavy (non-hydrogen) atoms. The molecule has 0 radical (unpaired) electrons. The van der Waals surface area contributed by atoms with Gasteiger partial charge in [0.25, 0.3) is 0 Å². The molecule has 0 heterocycles. The Morgan fingerprint density at radius 1 is 1.24 bits per heavy atom. The minimum Gasteiger partial charge on any atom is -0.479 e. The molecule has 114 valence electrons. The molecule has 2 rings (SSSR count). The van der Waals surface area contributed by atoms with Crippen molar-refractivity contribution in [3.8, 4) is 0 Å². The molecule has 0 aliphatic heterocycles. The van der Waals surface area contributed by atoms with Crippen LogP contribution in [0.2, 0.25) is 0 Å². The van der Waals surface area contributed by atoms with E-state index in [4.69, 9.17) is 4.74 Å². The van der Waals surface area contributed by atoms with Crippen LogP contribution in [0.3, 0.4) is 0 Å². The number of hydrogen-bond donors (Lipinski definition) is 1. The van der Waals surface area contributed by atoms with Gasteiger partial charge in [-0.05, 0) is 39.2 Å².